The van der Waals surface area contributed by atoms with Crippen molar-refractivity contribution >= 4 is 19.3 Å². The Morgan fingerprint density at radius 1 is 1.60 bits per heavy atom. The van der Waals surface area contributed by atoms with Crippen LogP contribution in [0.1, 0.15) is 0 Å². The fourth-order valence-electron chi connectivity index (χ4n) is 0. The van der Waals surface area contributed by atoms with Gasteiger partial charge in [0.05, 0.1) is 0 Å². The average molecular weight is 114 g/mol. The van der Waals surface area contributed by atoms with E-state index in [1.165, 1.54) is 0 Å². The first-order valence-corrected chi connectivity index (χ1v) is 5.77. The van der Waals surface area contributed by atoms with Gasteiger partial charge >= 0.3 is 0 Å². The van der Waals surface area contributed by atoms with Crippen molar-refractivity contribution in [3.8, 4) is 0 Å². The van der Waals surface area contributed by atoms with Crippen molar-refractivity contribution in [2.24, 2.45) is 0 Å². The zero-order valence-electron chi connectivity index (χ0n) is 2.75. The van der Waals surface area contributed by atoms with E-state index in [4.69, 9.17) is 9.11 Å². The van der Waals surface area contributed by atoms with Gasteiger partial charge in [-0.3, -0.25) is 0 Å². The third-order valence-corrected chi connectivity index (χ3v) is 0. The van der Waals surface area contributed by atoms with Gasteiger partial charge in [0.1, 0.15) is 9.39 Å². The molecule has 0 fully saturated rings. The van der Waals surface area contributed by atoms with Gasteiger partial charge in [-0.25, -0.2) is 4.21 Å². The quantitative estimate of drug-likeness (QED) is 0.258. The largest absolute Gasteiger partial charge is 0.315 e. The summed E-state index contributed by atoms with van der Waals surface area (Å²) >= 11 is 0. The van der Waals surface area contributed by atoms with Crippen LogP contribution in [0.3, 0.4) is 0 Å². The lowest BCUT2D eigenvalue weighted by Gasteiger charge is -1.95. The molecule has 0 aliphatic heterocycles. The fraction of sp³-hybridized carbons (Fsp3) is 0. The van der Waals surface area contributed by atoms with E-state index >= 15 is 0 Å². The van der Waals surface area contributed by atoms with Crippen LogP contribution in [-0.4, -0.2) is 22.7 Å². The maximum atomic E-state index is 9.39. The van der Waals surface area contributed by atoms with Crippen molar-refractivity contribution < 1.29 is 13.3 Å². The molecule has 0 aromatic rings. The van der Waals surface area contributed by atoms with Crippen LogP contribution < -0.4 is 0 Å². The normalized spacial score (nSPS) is 15.6. The second-order valence-electron chi connectivity index (χ2n) is 0.835. The Hall–Kier alpha value is 0.287. The topological polar surface area (TPSA) is 57.5 Å². The Balaban J connectivity index is 3.47. The second kappa shape index (κ2) is 1.17. The van der Waals surface area contributed by atoms with Crippen LogP contribution in [0.15, 0.2) is 0 Å². The summed E-state index contributed by atoms with van der Waals surface area (Å²) in [5.41, 5.74) is 0. The van der Waals surface area contributed by atoms with E-state index in [1.54, 1.807) is 0 Å². The third-order valence-electron chi connectivity index (χ3n) is 0. The van der Waals surface area contributed by atoms with E-state index in [0.717, 1.165) is 0 Å². The molecule has 3 nitrogen and oxygen atoms in total. The first kappa shape index (κ1) is 5.29. The van der Waals surface area contributed by atoms with Gasteiger partial charge in [-0.15, -0.1) is 0 Å². The van der Waals surface area contributed by atoms with Crippen LogP contribution in [0.25, 0.3) is 0 Å². The minimum absolute atomic E-state index is 0.0255. The number of rotatable bonds is 0. The Labute approximate surface area is 33.5 Å². The van der Waals surface area contributed by atoms with Gasteiger partial charge in [-0.2, -0.15) is 0 Å². The lowest BCUT2D eigenvalue weighted by atomic mass is 15.8. The molecule has 0 radical (unpaired) electrons. The minimum atomic E-state index is -3.50. The summed E-state index contributed by atoms with van der Waals surface area (Å²) in [5.74, 6) is 0. The fourth-order valence-corrected chi connectivity index (χ4v) is 0. The van der Waals surface area contributed by atoms with Crippen molar-refractivity contribution in [2.75, 3.05) is 0 Å². The van der Waals surface area contributed by atoms with Crippen molar-refractivity contribution in [1.29, 1.82) is 0 Å². The highest BCUT2D eigenvalue weighted by molar-refractivity contribution is 8.13. The van der Waals surface area contributed by atoms with Crippen LogP contribution in [0.4, 0.5) is 0 Å². The number of hydrogen-bond donors (Lipinski definition) is 3. The predicted octanol–water partition coefficient (Wildman–Crippen LogP) is -1.77. The summed E-state index contributed by atoms with van der Waals surface area (Å²) in [5, 5.41) is 0. The summed E-state index contributed by atoms with van der Waals surface area (Å²) in [6.07, 6.45) is 0. The molecule has 0 spiro atoms. The zero-order valence-corrected chi connectivity index (χ0v) is 5.64. The molecule has 2 N–H and O–H groups in total. The standard InChI is InChI=1S/H6O3SSi/c1-4(2,3)5/h4H,5H3,(H2,1,2,3). The Bertz CT molecular complexity index is 53.0. The Morgan fingerprint density at radius 3 is 1.60 bits per heavy atom. The van der Waals surface area contributed by atoms with E-state index in [2.05, 4.69) is 0 Å². The molecule has 0 amide bonds. The van der Waals surface area contributed by atoms with E-state index < -0.39 is 9.94 Å². The molecule has 0 aromatic heterocycles. The molecule has 0 aliphatic rings. The SMILES string of the molecule is O=[SH](O)(O)[SiH3]. The lowest BCUT2D eigenvalue weighted by molar-refractivity contribution is 0.444. The molecule has 0 unspecified atom stereocenters. The van der Waals surface area contributed by atoms with Gasteiger partial charge in [0.25, 0.3) is 0 Å². The predicted molar refractivity (Wildman–Crippen MR) is 24.7 cm³/mol. The summed E-state index contributed by atoms with van der Waals surface area (Å²) < 4.78 is 24.8. The van der Waals surface area contributed by atoms with Crippen LogP contribution in [-0.2, 0) is 9.94 Å². The highest BCUT2D eigenvalue weighted by Crippen LogP contribution is 1.72. The third kappa shape index (κ3) is 272. The number of hydrogen-bond acceptors (Lipinski definition) is 1. The molecule has 0 saturated carbocycles. The average Bonchev–Trinajstić information content (AvgIpc) is 0.722. The summed E-state index contributed by atoms with van der Waals surface area (Å²) in [6.45, 7) is 0. The monoisotopic (exact) mass is 114 g/mol. The lowest BCUT2D eigenvalue weighted by Crippen LogP contribution is -2.04. The van der Waals surface area contributed by atoms with E-state index in [9.17, 15) is 4.21 Å². The van der Waals surface area contributed by atoms with Crippen LogP contribution >= 0.6 is 0 Å². The van der Waals surface area contributed by atoms with Gasteiger partial charge < -0.3 is 9.11 Å². The van der Waals surface area contributed by atoms with Gasteiger partial charge in [0, 0.05) is 9.94 Å². The van der Waals surface area contributed by atoms with E-state index in [0.29, 0.717) is 0 Å². The van der Waals surface area contributed by atoms with E-state index in [1.807, 2.05) is 0 Å². The van der Waals surface area contributed by atoms with Gasteiger partial charge in [-0.1, -0.05) is 0 Å². The minimum Gasteiger partial charge on any atom is -0.315 e. The van der Waals surface area contributed by atoms with Gasteiger partial charge in [0.15, 0.2) is 0 Å². The molecule has 0 aromatic carbocycles. The summed E-state index contributed by atoms with van der Waals surface area (Å²) in [4.78, 5) is 0. The molecular formula is H6O3SSi. The van der Waals surface area contributed by atoms with Crippen molar-refractivity contribution in [2.45, 2.75) is 0 Å². The molecule has 5 heteroatoms. The molecule has 34 valence electrons. The Morgan fingerprint density at radius 2 is 1.60 bits per heavy atom. The van der Waals surface area contributed by atoms with Gasteiger partial charge in [0.2, 0.25) is 0 Å². The molecule has 0 saturated heterocycles. The summed E-state index contributed by atoms with van der Waals surface area (Å²) in [7, 11) is -3.53. The van der Waals surface area contributed by atoms with E-state index in [-0.39, 0.29) is 9.39 Å². The van der Waals surface area contributed by atoms with Crippen LogP contribution in [0.5, 0.6) is 0 Å². The smallest absolute Gasteiger partial charge is 0.141 e. The first-order chi connectivity index (χ1) is 2.00. The maximum Gasteiger partial charge on any atom is 0.141 e. The van der Waals surface area contributed by atoms with Crippen molar-refractivity contribution in [3.05, 3.63) is 0 Å². The highest BCUT2D eigenvalue weighted by Gasteiger charge is 1.82. The van der Waals surface area contributed by atoms with Crippen LogP contribution in [0, 0.1) is 0 Å². The summed E-state index contributed by atoms with van der Waals surface area (Å²) in [6, 6.07) is 0. The molecule has 0 atom stereocenters. The molecule has 0 aliphatic carbocycles. The first-order valence-electron chi connectivity index (χ1n) is 1.03. The molecule has 0 heterocycles. The maximum absolute atomic E-state index is 9.39. The highest BCUT2D eigenvalue weighted by atomic mass is 32.4. The number of thiol groups is 1. The van der Waals surface area contributed by atoms with Crippen LogP contribution in [0.2, 0.25) is 0 Å². The molecule has 0 bridgehead atoms. The molecular weight excluding hydrogens is 108 g/mol. The van der Waals surface area contributed by atoms with Crippen molar-refractivity contribution in [3.63, 3.8) is 0 Å². The van der Waals surface area contributed by atoms with Crippen molar-refractivity contribution in [1.82, 2.24) is 0 Å². The Kier molecular flexibility index (Phi) is 1.24. The molecule has 0 rings (SSSR count). The zero-order chi connectivity index (χ0) is 4.50. The molecule has 5 heavy (non-hydrogen) atoms. The van der Waals surface area contributed by atoms with Gasteiger partial charge in [-0.05, 0) is 0 Å². The second-order valence-corrected chi connectivity index (χ2v) is 6.00.